The zero-order chi connectivity index (χ0) is 12.1. The topological polar surface area (TPSA) is 52.4 Å². The van der Waals surface area contributed by atoms with Gasteiger partial charge in [-0.2, -0.15) is 0 Å². The number of halogens is 1. The highest BCUT2D eigenvalue weighted by Crippen LogP contribution is 2.28. The normalized spacial score (nSPS) is 10.2. The fourth-order valence-corrected chi connectivity index (χ4v) is 1.64. The predicted molar refractivity (Wildman–Crippen MR) is 66.5 cm³/mol. The Hall–Kier alpha value is -1.10. The molecule has 0 radical (unpaired) electrons. The number of nitro groups is 1. The summed E-state index contributed by atoms with van der Waals surface area (Å²) in [6.07, 6.45) is 0.876. The van der Waals surface area contributed by atoms with Gasteiger partial charge in [-0.25, -0.2) is 0 Å². The molecule has 0 aliphatic carbocycles. The smallest absolute Gasteiger partial charge is 0.276 e. The summed E-state index contributed by atoms with van der Waals surface area (Å²) in [5.74, 6) is 0.596. The summed E-state index contributed by atoms with van der Waals surface area (Å²) in [6, 6.07) is 3.28. The van der Waals surface area contributed by atoms with Crippen molar-refractivity contribution in [2.45, 2.75) is 20.3 Å². The Labute approximate surface area is 103 Å². The predicted octanol–water partition coefficient (Wildman–Crippen LogP) is 3.38. The molecule has 0 spiro atoms. The second-order valence-electron chi connectivity index (χ2n) is 3.55. The highest BCUT2D eigenvalue weighted by Gasteiger charge is 2.14. The standard InChI is InChI=1S/C11H14BrNO3/c1-8-6-9(2)11(16-5-3-4-12)7-10(8)13(14)15/h6-7H,3-5H2,1-2H3. The van der Waals surface area contributed by atoms with Gasteiger partial charge in [0.1, 0.15) is 5.75 Å². The van der Waals surface area contributed by atoms with Crippen LogP contribution in [0.4, 0.5) is 5.69 Å². The van der Waals surface area contributed by atoms with Gasteiger partial charge >= 0.3 is 0 Å². The average molecular weight is 288 g/mol. The summed E-state index contributed by atoms with van der Waals surface area (Å²) >= 11 is 3.30. The van der Waals surface area contributed by atoms with Crippen molar-refractivity contribution in [1.29, 1.82) is 0 Å². The Bertz CT molecular complexity index is 393. The molecule has 0 fully saturated rings. The second kappa shape index (κ2) is 5.84. The average Bonchev–Trinajstić information content (AvgIpc) is 2.21. The lowest BCUT2D eigenvalue weighted by Gasteiger charge is -2.09. The van der Waals surface area contributed by atoms with E-state index in [2.05, 4.69) is 15.9 Å². The molecule has 0 aliphatic rings. The van der Waals surface area contributed by atoms with Gasteiger partial charge in [0.15, 0.2) is 0 Å². The fourth-order valence-electron chi connectivity index (χ4n) is 1.41. The van der Waals surface area contributed by atoms with Crippen LogP contribution in [0.1, 0.15) is 17.5 Å². The van der Waals surface area contributed by atoms with Crippen molar-refractivity contribution < 1.29 is 9.66 Å². The number of rotatable bonds is 5. The van der Waals surface area contributed by atoms with E-state index < -0.39 is 0 Å². The van der Waals surface area contributed by atoms with Crippen molar-refractivity contribution in [3.63, 3.8) is 0 Å². The first kappa shape index (κ1) is 13.0. The Morgan fingerprint density at radius 3 is 2.62 bits per heavy atom. The maximum absolute atomic E-state index is 10.8. The van der Waals surface area contributed by atoms with Gasteiger partial charge in [-0.05, 0) is 31.9 Å². The highest BCUT2D eigenvalue weighted by molar-refractivity contribution is 9.09. The van der Waals surface area contributed by atoms with E-state index in [4.69, 9.17) is 4.74 Å². The van der Waals surface area contributed by atoms with E-state index >= 15 is 0 Å². The molecular weight excluding hydrogens is 274 g/mol. The highest BCUT2D eigenvalue weighted by atomic mass is 79.9. The van der Waals surface area contributed by atoms with E-state index in [-0.39, 0.29) is 10.6 Å². The number of nitrogens with zero attached hydrogens (tertiary/aromatic N) is 1. The van der Waals surface area contributed by atoms with Gasteiger partial charge in [0, 0.05) is 10.9 Å². The van der Waals surface area contributed by atoms with Gasteiger partial charge in [-0.15, -0.1) is 0 Å². The van der Waals surface area contributed by atoms with Crippen molar-refractivity contribution in [3.05, 3.63) is 33.4 Å². The zero-order valence-corrected chi connectivity index (χ0v) is 10.9. The van der Waals surface area contributed by atoms with E-state index in [1.807, 2.05) is 6.92 Å². The first-order chi connectivity index (χ1) is 7.56. The van der Waals surface area contributed by atoms with Crippen molar-refractivity contribution >= 4 is 21.6 Å². The molecule has 1 aromatic carbocycles. The maximum atomic E-state index is 10.8. The number of hydrogen-bond donors (Lipinski definition) is 0. The third-order valence-electron chi connectivity index (χ3n) is 2.23. The van der Waals surface area contributed by atoms with Gasteiger partial charge in [0.2, 0.25) is 0 Å². The van der Waals surface area contributed by atoms with Crippen LogP contribution in [0.2, 0.25) is 0 Å². The van der Waals surface area contributed by atoms with E-state index in [1.165, 1.54) is 6.07 Å². The molecule has 4 nitrogen and oxygen atoms in total. The molecule has 5 heteroatoms. The van der Waals surface area contributed by atoms with E-state index in [0.29, 0.717) is 17.9 Å². The van der Waals surface area contributed by atoms with Crippen LogP contribution in [0.25, 0.3) is 0 Å². The van der Waals surface area contributed by atoms with Crippen molar-refractivity contribution in [1.82, 2.24) is 0 Å². The first-order valence-corrected chi connectivity index (χ1v) is 6.12. The molecule has 0 aromatic heterocycles. The molecule has 1 aromatic rings. The number of alkyl halides is 1. The van der Waals surface area contributed by atoms with Crippen LogP contribution in [0, 0.1) is 24.0 Å². The van der Waals surface area contributed by atoms with E-state index in [9.17, 15) is 10.1 Å². The van der Waals surface area contributed by atoms with Crippen molar-refractivity contribution in [2.24, 2.45) is 0 Å². The molecule has 0 heterocycles. The summed E-state index contributed by atoms with van der Waals surface area (Å²) in [5, 5.41) is 11.6. The Morgan fingerprint density at radius 2 is 2.06 bits per heavy atom. The number of aryl methyl sites for hydroxylation is 2. The van der Waals surface area contributed by atoms with Gasteiger partial charge < -0.3 is 4.74 Å². The minimum Gasteiger partial charge on any atom is -0.493 e. The first-order valence-electron chi connectivity index (χ1n) is 5.00. The van der Waals surface area contributed by atoms with E-state index in [0.717, 1.165) is 17.3 Å². The largest absolute Gasteiger partial charge is 0.493 e. The lowest BCUT2D eigenvalue weighted by Crippen LogP contribution is -2.01. The van der Waals surface area contributed by atoms with Crippen LogP contribution in [0.15, 0.2) is 12.1 Å². The second-order valence-corrected chi connectivity index (χ2v) is 4.35. The van der Waals surface area contributed by atoms with Gasteiger partial charge in [0.05, 0.1) is 17.6 Å². The molecular formula is C11H14BrNO3. The van der Waals surface area contributed by atoms with Gasteiger partial charge in [-0.1, -0.05) is 15.9 Å². The maximum Gasteiger partial charge on any atom is 0.276 e. The zero-order valence-electron chi connectivity index (χ0n) is 9.33. The van der Waals surface area contributed by atoms with Crippen molar-refractivity contribution in [2.75, 3.05) is 11.9 Å². The molecule has 16 heavy (non-hydrogen) atoms. The monoisotopic (exact) mass is 287 g/mol. The third-order valence-corrected chi connectivity index (χ3v) is 2.79. The summed E-state index contributed by atoms with van der Waals surface area (Å²) < 4.78 is 5.49. The van der Waals surface area contributed by atoms with Crippen LogP contribution in [0.5, 0.6) is 5.75 Å². The number of hydrogen-bond acceptors (Lipinski definition) is 3. The van der Waals surface area contributed by atoms with Crippen LogP contribution in [-0.2, 0) is 0 Å². The van der Waals surface area contributed by atoms with Gasteiger partial charge in [0.25, 0.3) is 5.69 Å². The number of nitro benzene ring substituents is 1. The molecule has 0 amide bonds. The number of benzene rings is 1. The summed E-state index contributed by atoms with van der Waals surface area (Å²) in [5.41, 5.74) is 1.70. The van der Waals surface area contributed by atoms with Crippen LogP contribution in [0.3, 0.4) is 0 Å². The molecule has 0 saturated carbocycles. The SMILES string of the molecule is Cc1cc(C)c([N+](=O)[O-])cc1OCCCBr. The molecule has 88 valence electrons. The van der Waals surface area contributed by atoms with Crippen LogP contribution in [-0.4, -0.2) is 16.9 Å². The van der Waals surface area contributed by atoms with Crippen molar-refractivity contribution in [3.8, 4) is 5.75 Å². The molecule has 0 bridgehead atoms. The van der Waals surface area contributed by atoms with E-state index in [1.54, 1.807) is 13.0 Å². The van der Waals surface area contributed by atoms with Crippen LogP contribution < -0.4 is 4.74 Å². The van der Waals surface area contributed by atoms with Crippen LogP contribution >= 0.6 is 15.9 Å². The summed E-state index contributed by atoms with van der Waals surface area (Å²) in [4.78, 5) is 10.4. The molecule has 0 N–H and O–H groups in total. The quantitative estimate of drug-likeness (QED) is 0.361. The third kappa shape index (κ3) is 3.20. The Balaban J connectivity index is 2.91. The minimum absolute atomic E-state index is 0.111. The molecule has 1 rings (SSSR count). The summed E-state index contributed by atoms with van der Waals surface area (Å²) in [6.45, 7) is 4.18. The minimum atomic E-state index is -0.383. The lowest BCUT2D eigenvalue weighted by atomic mass is 10.1. The molecule has 0 atom stereocenters. The van der Waals surface area contributed by atoms with Gasteiger partial charge in [-0.3, -0.25) is 10.1 Å². The fraction of sp³-hybridized carbons (Fsp3) is 0.455. The summed E-state index contributed by atoms with van der Waals surface area (Å²) in [7, 11) is 0. The lowest BCUT2D eigenvalue weighted by molar-refractivity contribution is -0.385. The number of ether oxygens (including phenoxy) is 1. The molecule has 0 saturated heterocycles. The molecule has 0 aliphatic heterocycles. The molecule has 0 unspecified atom stereocenters. The Morgan fingerprint density at radius 1 is 1.38 bits per heavy atom. The Kier molecular flexibility index (Phi) is 4.73.